The van der Waals surface area contributed by atoms with Gasteiger partial charge in [-0.05, 0) is 69.2 Å². The highest BCUT2D eigenvalue weighted by molar-refractivity contribution is 5.83. The van der Waals surface area contributed by atoms with Gasteiger partial charge in [-0.3, -0.25) is 0 Å². The smallest absolute Gasteiger partial charge is 0.165 e. The largest absolute Gasteiger partial charge is 0.497 e. The van der Waals surface area contributed by atoms with Gasteiger partial charge in [0.1, 0.15) is 11.6 Å². The van der Waals surface area contributed by atoms with Gasteiger partial charge in [-0.15, -0.1) is 0 Å². The molecule has 1 aliphatic carbocycles. The van der Waals surface area contributed by atoms with E-state index < -0.39 is 0 Å². The number of rotatable bonds is 7. The Morgan fingerprint density at radius 2 is 1.97 bits per heavy atom. The van der Waals surface area contributed by atoms with Crippen LogP contribution in [0, 0.1) is 13.8 Å². The lowest BCUT2D eigenvalue weighted by Gasteiger charge is -2.21. The van der Waals surface area contributed by atoms with Gasteiger partial charge in [0, 0.05) is 23.4 Å². The molecule has 1 aliphatic rings. The number of methoxy groups -OCH3 is 1. The van der Waals surface area contributed by atoms with Crippen LogP contribution in [-0.4, -0.2) is 28.3 Å². The second-order valence-electron chi connectivity index (χ2n) is 8.10. The summed E-state index contributed by atoms with van der Waals surface area (Å²) in [5, 5.41) is 8.66. The molecule has 0 fully saturated rings. The number of nitrogens with one attached hydrogen (secondary N) is 1. The topological polar surface area (TPSA) is 51.5 Å². The van der Waals surface area contributed by atoms with Crippen LogP contribution < -0.4 is 10.1 Å². The summed E-state index contributed by atoms with van der Waals surface area (Å²) in [6.45, 7) is 7.44. The fraction of sp³-hybridized carbons (Fsp3) is 0.500. The summed E-state index contributed by atoms with van der Waals surface area (Å²) in [6, 6.07) is 6.24. The van der Waals surface area contributed by atoms with E-state index in [0.29, 0.717) is 0 Å². The van der Waals surface area contributed by atoms with Crippen LogP contribution >= 0.6 is 0 Å². The predicted octanol–water partition coefficient (Wildman–Crippen LogP) is 5.50. The van der Waals surface area contributed by atoms with Gasteiger partial charge in [0.25, 0.3) is 0 Å². The third-order valence-electron chi connectivity index (χ3n) is 5.99. The number of fused-ring (bicyclic) bond motifs is 2. The zero-order valence-corrected chi connectivity index (χ0v) is 18.1. The van der Waals surface area contributed by atoms with Crippen molar-refractivity contribution in [1.29, 1.82) is 0 Å². The molecule has 154 valence electrons. The first-order chi connectivity index (χ1) is 14.1. The molecule has 0 saturated heterocycles. The van der Waals surface area contributed by atoms with E-state index in [2.05, 4.69) is 42.7 Å². The number of hydrogen-bond donors (Lipinski definition) is 1. The molecular weight excluding hydrogens is 360 g/mol. The molecule has 0 bridgehead atoms. The molecule has 2 aromatic heterocycles. The summed E-state index contributed by atoms with van der Waals surface area (Å²) in [7, 11) is 1.71. The molecule has 3 aromatic rings. The maximum Gasteiger partial charge on any atom is 0.165 e. The van der Waals surface area contributed by atoms with E-state index in [9.17, 15) is 0 Å². The highest BCUT2D eigenvalue weighted by atomic mass is 16.5. The average Bonchev–Trinajstić information content (AvgIpc) is 3.05. The number of benzene rings is 1. The Bertz CT molecular complexity index is 1020. The van der Waals surface area contributed by atoms with Crippen LogP contribution in [-0.2, 0) is 12.8 Å². The van der Waals surface area contributed by atoms with Gasteiger partial charge >= 0.3 is 0 Å². The minimum absolute atomic E-state index is 0.879. The molecule has 0 saturated carbocycles. The minimum atomic E-state index is 0.879. The van der Waals surface area contributed by atoms with Gasteiger partial charge in [-0.25, -0.2) is 4.98 Å². The quantitative estimate of drug-likeness (QED) is 0.539. The van der Waals surface area contributed by atoms with Crippen molar-refractivity contribution in [3.63, 3.8) is 0 Å². The van der Waals surface area contributed by atoms with Crippen LogP contribution in [0.25, 0.3) is 16.8 Å². The normalized spacial score (nSPS) is 13.5. The molecule has 5 heteroatoms. The Hall–Kier alpha value is -2.56. The minimum Gasteiger partial charge on any atom is -0.497 e. The molecule has 5 nitrogen and oxygen atoms in total. The van der Waals surface area contributed by atoms with E-state index >= 15 is 0 Å². The van der Waals surface area contributed by atoms with E-state index in [-0.39, 0.29) is 0 Å². The van der Waals surface area contributed by atoms with Crippen molar-refractivity contribution in [3.05, 3.63) is 40.7 Å². The number of aromatic nitrogens is 3. The van der Waals surface area contributed by atoms with Crippen molar-refractivity contribution in [3.8, 4) is 16.9 Å². The van der Waals surface area contributed by atoms with Crippen LogP contribution in [0.2, 0.25) is 0 Å². The van der Waals surface area contributed by atoms with Crippen molar-refractivity contribution in [2.24, 2.45) is 0 Å². The zero-order chi connectivity index (χ0) is 20.4. The Morgan fingerprint density at radius 1 is 1.14 bits per heavy atom. The number of ether oxygens (including phenoxy) is 1. The summed E-state index contributed by atoms with van der Waals surface area (Å²) in [5.74, 6) is 2.03. The van der Waals surface area contributed by atoms with Gasteiger partial charge in [0.05, 0.1) is 12.8 Å². The summed E-state index contributed by atoms with van der Waals surface area (Å²) in [4.78, 5) is 5.13. The van der Waals surface area contributed by atoms with E-state index in [1.54, 1.807) is 7.11 Å². The second kappa shape index (κ2) is 8.44. The van der Waals surface area contributed by atoms with E-state index in [0.717, 1.165) is 47.9 Å². The summed E-state index contributed by atoms with van der Waals surface area (Å²) in [5.41, 5.74) is 8.09. The molecule has 0 spiro atoms. The number of anilines is 1. The molecule has 0 atom stereocenters. The highest BCUT2D eigenvalue weighted by Gasteiger charge is 2.23. The number of unbranched alkanes of at least 4 members (excludes halogenated alkanes) is 2. The molecule has 29 heavy (non-hydrogen) atoms. The first-order valence-corrected chi connectivity index (χ1v) is 10.9. The lowest BCUT2D eigenvalue weighted by atomic mass is 9.95. The van der Waals surface area contributed by atoms with E-state index in [1.807, 2.05) is 6.07 Å². The van der Waals surface area contributed by atoms with Crippen LogP contribution in [0.3, 0.4) is 0 Å². The molecule has 4 rings (SSSR count). The molecule has 0 unspecified atom stereocenters. The Labute approximate surface area is 173 Å². The predicted molar refractivity (Wildman–Crippen MR) is 119 cm³/mol. The van der Waals surface area contributed by atoms with Gasteiger partial charge in [0.2, 0.25) is 0 Å². The Kier molecular flexibility index (Phi) is 5.74. The molecule has 1 aromatic carbocycles. The standard InChI is InChI=1S/C24H32N4O/c1-5-6-9-14-25-23-20-10-7-8-11-21(20)26-24-22(17(3)27-28(23)24)19-13-12-18(29-4)15-16(19)2/h12-13,15,25H,5-11,14H2,1-4H3. The third-order valence-corrected chi connectivity index (χ3v) is 5.99. The lowest BCUT2D eigenvalue weighted by Crippen LogP contribution is -2.16. The Morgan fingerprint density at radius 3 is 2.72 bits per heavy atom. The molecule has 0 aliphatic heterocycles. The Balaban J connectivity index is 1.86. The van der Waals surface area contributed by atoms with Crippen LogP contribution in [0.4, 0.5) is 5.82 Å². The van der Waals surface area contributed by atoms with Crippen LogP contribution in [0.15, 0.2) is 18.2 Å². The lowest BCUT2D eigenvalue weighted by molar-refractivity contribution is 0.414. The SMILES string of the molecule is CCCCCNc1c2c(nc3c(-c4ccc(OC)cc4C)c(C)nn13)CCCC2. The fourth-order valence-corrected chi connectivity index (χ4v) is 4.42. The molecule has 0 radical (unpaired) electrons. The van der Waals surface area contributed by atoms with Gasteiger partial charge in [-0.2, -0.15) is 9.61 Å². The second-order valence-corrected chi connectivity index (χ2v) is 8.10. The number of nitrogens with zero attached hydrogens (tertiary/aromatic N) is 3. The maximum absolute atomic E-state index is 5.40. The summed E-state index contributed by atoms with van der Waals surface area (Å²) in [6.07, 6.45) is 8.25. The zero-order valence-electron chi connectivity index (χ0n) is 18.1. The highest BCUT2D eigenvalue weighted by Crippen LogP contribution is 2.36. The van der Waals surface area contributed by atoms with E-state index in [4.69, 9.17) is 14.8 Å². The van der Waals surface area contributed by atoms with Crippen LogP contribution in [0.1, 0.15) is 61.5 Å². The molecule has 0 amide bonds. The molecule has 2 heterocycles. The van der Waals surface area contributed by atoms with Crippen molar-refractivity contribution < 1.29 is 4.74 Å². The molecular formula is C24H32N4O. The first-order valence-electron chi connectivity index (χ1n) is 10.9. The third kappa shape index (κ3) is 3.70. The van der Waals surface area contributed by atoms with Crippen molar-refractivity contribution in [2.75, 3.05) is 19.0 Å². The summed E-state index contributed by atoms with van der Waals surface area (Å²) < 4.78 is 7.46. The van der Waals surface area contributed by atoms with Crippen molar-refractivity contribution in [2.45, 2.75) is 65.7 Å². The molecule has 1 N–H and O–H groups in total. The summed E-state index contributed by atoms with van der Waals surface area (Å²) >= 11 is 0. The van der Waals surface area contributed by atoms with E-state index in [1.165, 1.54) is 54.5 Å². The monoisotopic (exact) mass is 392 g/mol. The van der Waals surface area contributed by atoms with Gasteiger partial charge in [0.15, 0.2) is 5.65 Å². The fourth-order valence-electron chi connectivity index (χ4n) is 4.42. The van der Waals surface area contributed by atoms with Gasteiger partial charge in [-0.1, -0.05) is 25.8 Å². The van der Waals surface area contributed by atoms with Gasteiger partial charge < -0.3 is 10.1 Å². The van der Waals surface area contributed by atoms with Crippen molar-refractivity contribution >= 4 is 11.5 Å². The van der Waals surface area contributed by atoms with Crippen LogP contribution in [0.5, 0.6) is 5.75 Å². The number of aryl methyl sites for hydroxylation is 3. The average molecular weight is 393 g/mol. The number of hydrogen-bond acceptors (Lipinski definition) is 4. The first kappa shape index (κ1) is 19.7. The van der Waals surface area contributed by atoms with Crippen molar-refractivity contribution in [1.82, 2.24) is 14.6 Å². The maximum atomic E-state index is 5.40.